The van der Waals surface area contributed by atoms with Crippen LogP contribution in [0.1, 0.15) is 26.0 Å². The smallest absolute Gasteiger partial charge is 0.137 e. The summed E-state index contributed by atoms with van der Waals surface area (Å²) in [6.45, 7) is 4.98. The molecule has 98 valence electrons. The van der Waals surface area contributed by atoms with Gasteiger partial charge < -0.3 is 14.8 Å². The number of imidazole rings is 1. The molecule has 0 saturated heterocycles. The predicted molar refractivity (Wildman–Crippen MR) is 72.8 cm³/mol. The Kier molecular flexibility index (Phi) is 3.90. The SMILES string of the molecule is CCC(C)(O)CNCc1cn2cc(Cl)ccc2n1. The van der Waals surface area contributed by atoms with E-state index < -0.39 is 5.60 Å². The van der Waals surface area contributed by atoms with E-state index in [1.165, 1.54) is 0 Å². The lowest BCUT2D eigenvalue weighted by Gasteiger charge is -2.21. The molecule has 0 aliphatic carbocycles. The van der Waals surface area contributed by atoms with Crippen molar-refractivity contribution in [2.45, 2.75) is 32.4 Å². The standard InChI is InChI=1S/C13H18ClN3O/c1-3-13(2,18)9-15-6-11-8-17-7-10(14)4-5-12(17)16-11/h4-5,7-8,15,18H,3,6,9H2,1-2H3. The zero-order valence-electron chi connectivity index (χ0n) is 10.7. The molecule has 1 atom stereocenters. The Morgan fingerprint density at radius 1 is 1.44 bits per heavy atom. The topological polar surface area (TPSA) is 49.6 Å². The quantitative estimate of drug-likeness (QED) is 0.874. The van der Waals surface area contributed by atoms with E-state index in [0.29, 0.717) is 18.1 Å². The van der Waals surface area contributed by atoms with E-state index in [-0.39, 0.29) is 0 Å². The van der Waals surface area contributed by atoms with Crippen LogP contribution in [-0.4, -0.2) is 26.6 Å². The molecule has 4 nitrogen and oxygen atoms in total. The van der Waals surface area contributed by atoms with Gasteiger partial charge in [0.25, 0.3) is 0 Å². The van der Waals surface area contributed by atoms with Crippen LogP contribution in [0.3, 0.4) is 0 Å². The zero-order chi connectivity index (χ0) is 13.2. The van der Waals surface area contributed by atoms with Gasteiger partial charge in [0, 0.05) is 25.5 Å². The van der Waals surface area contributed by atoms with Gasteiger partial charge in [-0.2, -0.15) is 0 Å². The number of nitrogens with one attached hydrogen (secondary N) is 1. The van der Waals surface area contributed by atoms with Crippen LogP contribution >= 0.6 is 11.6 Å². The highest BCUT2D eigenvalue weighted by Crippen LogP contribution is 2.12. The molecule has 2 rings (SSSR count). The van der Waals surface area contributed by atoms with Crippen molar-refractivity contribution in [1.82, 2.24) is 14.7 Å². The minimum atomic E-state index is -0.664. The first-order valence-electron chi connectivity index (χ1n) is 6.06. The lowest BCUT2D eigenvalue weighted by atomic mass is 10.0. The third kappa shape index (κ3) is 3.22. The number of pyridine rings is 1. The summed E-state index contributed by atoms with van der Waals surface area (Å²) in [5, 5.41) is 13.8. The number of hydrogen-bond acceptors (Lipinski definition) is 3. The fourth-order valence-corrected chi connectivity index (χ4v) is 1.86. The van der Waals surface area contributed by atoms with E-state index in [2.05, 4.69) is 10.3 Å². The second-order valence-electron chi connectivity index (χ2n) is 4.80. The van der Waals surface area contributed by atoms with Crippen LogP contribution in [-0.2, 0) is 6.54 Å². The number of hydrogen-bond donors (Lipinski definition) is 2. The van der Waals surface area contributed by atoms with Crippen molar-refractivity contribution in [3.8, 4) is 0 Å². The Hall–Kier alpha value is -1.10. The van der Waals surface area contributed by atoms with Crippen LogP contribution in [0, 0.1) is 0 Å². The van der Waals surface area contributed by atoms with E-state index in [9.17, 15) is 5.11 Å². The summed E-state index contributed by atoms with van der Waals surface area (Å²) in [5.41, 5.74) is 1.14. The fraction of sp³-hybridized carbons (Fsp3) is 0.462. The molecule has 0 bridgehead atoms. The van der Waals surface area contributed by atoms with Gasteiger partial charge in [0.05, 0.1) is 16.3 Å². The zero-order valence-corrected chi connectivity index (χ0v) is 11.4. The third-order valence-electron chi connectivity index (χ3n) is 3.04. The van der Waals surface area contributed by atoms with E-state index in [1.54, 1.807) is 0 Å². The number of rotatable bonds is 5. The minimum Gasteiger partial charge on any atom is -0.389 e. The van der Waals surface area contributed by atoms with Crippen LogP contribution in [0.2, 0.25) is 5.02 Å². The Balaban J connectivity index is 2.00. The second kappa shape index (κ2) is 5.26. The van der Waals surface area contributed by atoms with Gasteiger partial charge in [0.15, 0.2) is 0 Å². The summed E-state index contributed by atoms with van der Waals surface area (Å²) in [7, 11) is 0. The molecule has 5 heteroatoms. The van der Waals surface area contributed by atoms with E-state index in [4.69, 9.17) is 11.6 Å². The molecule has 18 heavy (non-hydrogen) atoms. The maximum absolute atomic E-state index is 9.87. The first-order chi connectivity index (χ1) is 8.50. The van der Waals surface area contributed by atoms with Gasteiger partial charge in [-0.15, -0.1) is 0 Å². The molecule has 0 radical (unpaired) electrons. The molecule has 2 aromatic heterocycles. The molecule has 0 amide bonds. The average molecular weight is 268 g/mol. The van der Waals surface area contributed by atoms with E-state index >= 15 is 0 Å². The number of aliphatic hydroxyl groups is 1. The molecule has 0 spiro atoms. The molecular formula is C13H18ClN3O. The van der Waals surface area contributed by atoms with Crippen LogP contribution in [0.15, 0.2) is 24.5 Å². The number of fused-ring (bicyclic) bond motifs is 1. The summed E-state index contributed by atoms with van der Waals surface area (Å²) in [5.74, 6) is 0. The lowest BCUT2D eigenvalue weighted by Crippen LogP contribution is -2.36. The second-order valence-corrected chi connectivity index (χ2v) is 5.24. The minimum absolute atomic E-state index is 0.554. The van der Waals surface area contributed by atoms with Crippen molar-refractivity contribution in [3.05, 3.63) is 35.2 Å². The molecule has 2 heterocycles. The van der Waals surface area contributed by atoms with Crippen molar-refractivity contribution in [3.63, 3.8) is 0 Å². The third-order valence-corrected chi connectivity index (χ3v) is 3.26. The number of halogens is 1. The lowest BCUT2D eigenvalue weighted by molar-refractivity contribution is 0.0555. The molecule has 0 fully saturated rings. The molecule has 1 unspecified atom stereocenters. The van der Waals surface area contributed by atoms with Crippen LogP contribution in [0.5, 0.6) is 0 Å². The number of nitrogens with zero attached hydrogens (tertiary/aromatic N) is 2. The maximum atomic E-state index is 9.87. The van der Waals surface area contributed by atoms with Crippen molar-refractivity contribution >= 4 is 17.2 Å². The summed E-state index contributed by atoms with van der Waals surface area (Å²) in [4.78, 5) is 4.46. The van der Waals surface area contributed by atoms with Crippen LogP contribution in [0.4, 0.5) is 0 Å². The van der Waals surface area contributed by atoms with Crippen molar-refractivity contribution < 1.29 is 5.11 Å². The van der Waals surface area contributed by atoms with Crippen molar-refractivity contribution in [1.29, 1.82) is 0 Å². The van der Waals surface area contributed by atoms with Gasteiger partial charge in [0.1, 0.15) is 5.65 Å². The molecule has 0 aliphatic rings. The predicted octanol–water partition coefficient (Wildman–Crippen LogP) is 2.24. The average Bonchev–Trinajstić information content (AvgIpc) is 2.70. The van der Waals surface area contributed by atoms with Gasteiger partial charge >= 0.3 is 0 Å². The van der Waals surface area contributed by atoms with Gasteiger partial charge in [-0.05, 0) is 25.5 Å². The highest BCUT2D eigenvalue weighted by Gasteiger charge is 2.16. The largest absolute Gasteiger partial charge is 0.389 e. The first kappa shape index (κ1) is 13.3. The fourth-order valence-electron chi connectivity index (χ4n) is 1.69. The van der Waals surface area contributed by atoms with Gasteiger partial charge in [-0.3, -0.25) is 0 Å². The molecule has 0 aliphatic heterocycles. The molecule has 0 saturated carbocycles. The Bertz CT molecular complexity index is 536. The highest BCUT2D eigenvalue weighted by atomic mass is 35.5. The van der Waals surface area contributed by atoms with Gasteiger partial charge in [-0.25, -0.2) is 4.98 Å². The van der Waals surface area contributed by atoms with Gasteiger partial charge in [0.2, 0.25) is 0 Å². The maximum Gasteiger partial charge on any atom is 0.137 e. The highest BCUT2D eigenvalue weighted by molar-refractivity contribution is 6.30. The van der Waals surface area contributed by atoms with Gasteiger partial charge in [-0.1, -0.05) is 18.5 Å². The summed E-state index contributed by atoms with van der Waals surface area (Å²) < 4.78 is 1.90. The summed E-state index contributed by atoms with van der Waals surface area (Å²) in [6, 6.07) is 3.71. The van der Waals surface area contributed by atoms with Crippen molar-refractivity contribution in [2.24, 2.45) is 0 Å². The number of aromatic nitrogens is 2. The summed E-state index contributed by atoms with van der Waals surface area (Å²) in [6.07, 6.45) is 4.49. The first-order valence-corrected chi connectivity index (χ1v) is 6.44. The molecule has 2 aromatic rings. The molecule has 0 aromatic carbocycles. The van der Waals surface area contributed by atoms with E-state index in [1.807, 2.05) is 42.8 Å². The Morgan fingerprint density at radius 2 is 2.22 bits per heavy atom. The van der Waals surface area contributed by atoms with E-state index in [0.717, 1.165) is 17.8 Å². The summed E-state index contributed by atoms with van der Waals surface area (Å²) >= 11 is 5.91. The molecule has 2 N–H and O–H groups in total. The Morgan fingerprint density at radius 3 is 2.94 bits per heavy atom. The van der Waals surface area contributed by atoms with Crippen LogP contribution in [0.25, 0.3) is 5.65 Å². The molecular weight excluding hydrogens is 250 g/mol. The monoisotopic (exact) mass is 267 g/mol. The Labute approximate surface area is 112 Å². The normalized spacial score (nSPS) is 14.9. The van der Waals surface area contributed by atoms with Crippen LogP contribution < -0.4 is 5.32 Å². The van der Waals surface area contributed by atoms with Crippen molar-refractivity contribution in [2.75, 3.05) is 6.54 Å².